The Morgan fingerprint density at radius 3 is 2.84 bits per heavy atom. The molecule has 2 amide bonds. The van der Waals surface area contributed by atoms with Gasteiger partial charge in [0.2, 0.25) is 0 Å². The molecule has 0 bridgehead atoms. The van der Waals surface area contributed by atoms with Gasteiger partial charge in [0.25, 0.3) is 0 Å². The number of carbonyl (C=O) groups excluding carboxylic acids is 1. The largest absolute Gasteiger partial charge is 0.336 e. The van der Waals surface area contributed by atoms with Gasteiger partial charge in [-0.15, -0.1) is 0 Å². The van der Waals surface area contributed by atoms with E-state index in [4.69, 9.17) is 0 Å². The van der Waals surface area contributed by atoms with Crippen LogP contribution in [0.25, 0.3) is 11.0 Å². The predicted molar refractivity (Wildman–Crippen MR) is 78.5 cm³/mol. The maximum Gasteiger partial charge on any atom is 0.319 e. The number of anilines is 1. The highest BCUT2D eigenvalue weighted by molar-refractivity contribution is 7.99. The third-order valence-corrected chi connectivity index (χ3v) is 4.05. The van der Waals surface area contributed by atoms with E-state index in [9.17, 15) is 4.79 Å². The standard InChI is InChI=1S/C12H17N5OS/c1-12(2,19-3)7-13-11(18)14-8-4-5-9-10(6-8)16-17-15-9/h4-6H,7H2,1-3H3,(H2,13,14,18)(H,15,16,17). The monoisotopic (exact) mass is 279 g/mol. The van der Waals surface area contributed by atoms with Crippen molar-refractivity contribution in [1.82, 2.24) is 20.7 Å². The molecule has 1 heterocycles. The van der Waals surface area contributed by atoms with Crippen LogP contribution in [0.15, 0.2) is 18.2 Å². The Morgan fingerprint density at radius 2 is 2.11 bits per heavy atom. The van der Waals surface area contributed by atoms with E-state index >= 15 is 0 Å². The van der Waals surface area contributed by atoms with E-state index in [0.29, 0.717) is 12.2 Å². The number of hydrogen-bond donors (Lipinski definition) is 3. The van der Waals surface area contributed by atoms with Crippen molar-refractivity contribution >= 4 is 34.5 Å². The lowest BCUT2D eigenvalue weighted by Gasteiger charge is -2.22. The van der Waals surface area contributed by atoms with Gasteiger partial charge in [-0.2, -0.15) is 27.2 Å². The number of thioether (sulfide) groups is 1. The van der Waals surface area contributed by atoms with Crippen LogP contribution >= 0.6 is 11.8 Å². The van der Waals surface area contributed by atoms with Gasteiger partial charge in [0.15, 0.2) is 0 Å². The summed E-state index contributed by atoms with van der Waals surface area (Å²) in [6.45, 7) is 4.77. The number of fused-ring (bicyclic) bond motifs is 1. The molecule has 0 saturated carbocycles. The van der Waals surface area contributed by atoms with Crippen molar-refractivity contribution in [2.45, 2.75) is 18.6 Å². The highest BCUT2D eigenvalue weighted by Crippen LogP contribution is 2.19. The summed E-state index contributed by atoms with van der Waals surface area (Å²) in [5.41, 5.74) is 2.19. The Kier molecular flexibility index (Phi) is 3.94. The molecular formula is C12H17N5OS. The molecule has 7 heteroatoms. The van der Waals surface area contributed by atoms with Gasteiger partial charge in [-0.3, -0.25) is 0 Å². The average molecular weight is 279 g/mol. The van der Waals surface area contributed by atoms with Gasteiger partial charge in [-0.25, -0.2) is 4.79 Å². The zero-order valence-electron chi connectivity index (χ0n) is 11.2. The average Bonchev–Trinajstić information content (AvgIpc) is 2.84. The van der Waals surface area contributed by atoms with Gasteiger partial charge in [-0.05, 0) is 38.3 Å². The Bertz CT molecular complexity index is 580. The summed E-state index contributed by atoms with van der Waals surface area (Å²) >= 11 is 1.71. The van der Waals surface area contributed by atoms with Crippen molar-refractivity contribution in [2.75, 3.05) is 18.1 Å². The number of hydrogen-bond acceptors (Lipinski definition) is 4. The van der Waals surface area contributed by atoms with Gasteiger partial charge in [0.05, 0.1) is 0 Å². The second kappa shape index (κ2) is 5.48. The van der Waals surface area contributed by atoms with Crippen LogP contribution in [0.5, 0.6) is 0 Å². The molecule has 0 unspecified atom stereocenters. The molecule has 3 N–H and O–H groups in total. The molecule has 0 saturated heterocycles. The van der Waals surface area contributed by atoms with E-state index in [1.165, 1.54) is 0 Å². The molecule has 6 nitrogen and oxygen atoms in total. The van der Waals surface area contributed by atoms with Crippen LogP contribution in [0.2, 0.25) is 0 Å². The van der Waals surface area contributed by atoms with E-state index in [1.54, 1.807) is 30.0 Å². The first-order chi connectivity index (χ1) is 9.00. The Hall–Kier alpha value is -1.76. The molecule has 0 spiro atoms. The zero-order chi connectivity index (χ0) is 13.9. The summed E-state index contributed by atoms with van der Waals surface area (Å²) in [5, 5.41) is 16.1. The van der Waals surface area contributed by atoms with Crippen molar-refractivity contribution in [2.24, 2.45) is 0 Å². The number of rotatable bonds is 4. The summed E-state index contributed by atoms with van der Waals surface area (Å²) in [6.07, 6.45) is 2.03. The topological polar surface area (TPSA) is 82.7 Å². The van der Waals surface area contributed by atoms with Crippen molar-refractivity contribution in [3.05, 3.63) is 18.2 Å². The minimum Gasteiger partial charge on any atom is -0.336 e. The van der Waals surface area contributed by atoms with Gasteiger partial charge in [0, 0.05) is 17.0 Å². The number of benzene rings is 1. The van der Waals surface area contributed by atoms with Crippen molar-refractivity contribution in [3.63, 3.8) is 0 Å². The van der Waals surface area contributed by atoms with Crippen LogP contribution in [0.3, 0.4) is 0 Å². The van der Waals surface area contributed by atoms with Gasteiger partial charge in [-0.1, -0.05) is 0 Å². The molecule has 0 aliphatic heterocycles. The number of aromatic amines is 1. The molecule has 1 aromatic carbocycles. The van der Waals surface area contributed by atoms with Gasteiger partial charge < -0.3 is 10.6 Å². The fourth-order valence-corrected chi connectivity index (χ4v) is 1.68. The van der Waals surface area contributed by atoms with Crippen molar-refractivity contribution in [1.29, 1.82) is 0 Å². The highest BCUT2D eigenvalue weighted by Gasteiger charge is 2.16. The van der Waals surface area contributed by atoms with E-state index < -0.39 is 0 Å². The Balaban J connectivity index is 1.95. The molecule has 0 atom stereocenters. The molecule has 102 valence electrons. The first kappa shape index (κ1) is 13.7. The van der Waals surface area contributed by atoms with Crippen LogP contribution in [-0.4, -0.2) is 39.0 Å². The fourth-order valence-electron chi connectivity index (χ4n) is 1.46. The van der Waals surface area contributed by atoms with Crippen LogP contribution < -0.4 is 10.6 Å². The summed E-state index contributed by atoms with van der Waals surface area (Å²) < 4.78 is 0.0212. The van der Waals surface area contributed by atoms with E-state index in [2.05, 4.69) is 39.9 Å². The number of nitrogens with zero attached hydrogens (tertiary/aromatic N) is 2. The number of urea groups is 1. The fraction of sp³-hybridized carbons (Fsp3) is 0.417. The lowest BCUT2D eigenvalue weighted by molar-refractivity contribution is 0.251. The van der Waals surface area contributed by atoms with E-state index in [-0.39, 0.29) is 10.8 Å². The normalized spacial score (nSPS) is 11.5. The number of amides is 2. The van der Waals surface area contributed by atoms with Crippen LogP contribution in [0.4, 0.5) is 10.5 Å². The summed E-state index contributed by atoms with van der Waals surface area (Å²) in [4.78, 5) is 11.8. The highest BCUT2D eigenvalue weighted by atomic mass is 32.2. The second-order valence-electron chi connectivity index (χ2n) is 4.80. The zero-order valence-corrected chi connectivity index (χ0v) is 12.0. The third-order valence-electron chi connectivity index (χ3n) is 2.80. The molecule has 2 aromatic rings. The van der Waals surface area contributed by atoms with E-state index in [1.807, 2.05) is 6.26 Å². The maximum atomic E-state index is 11.8. The van der Waals surface area contributed by atoms with Crippen LogP contribution in [0, 0.1) is 0 Å². The Labute approximate surface area is 115 Å². The molecule has 0 aliphatic rings. The number of H-pyrrole nitrogens is 1. The minimum absolute atomic E-state index is 0.0212. The van der Waals surface area contributed by atoms with Gasteiger partial charge in [0.1, 0.15) is 11.0 Å². The molecule has 1 aromatic heterocycles. The smallest absolute Gasteiger partial charge is 0.319 e. The number of carbonyl (C=O) groups is 1. The van der Waals surface area contributed by atoms with E-state index in [0.717, 1.165) is 11.0 Å². The molecule has 0 radical (unpaired) electrons. The first-order valence-corrected chi connectivity index (χ1v) is 7.13. The molecular weight excluding hydrogens is 262 g/mol. The van der Waals surface area contributed by atoms with Gasteiger partial charge >= 0.3 is 6.03 Å². The lowest BCUT2D eigenvalue weighted by atomic mass is 10.2. The minimum atomic E-state index is -0.218. The van der Waals surface area contributed by atoms with Crippen LogP contribution in [0.1, 0.15) is 13.8 Å². The van der Waals surface area contributed by atoms with Crippen molar-refractivity contribution in [3.8, 4) is 0 Å². The maximum absolute atomic E-state index is 11.8. The Morgan fingerprint density at radius 1 is 1.37 bits per heavy atom. The summed E-state index contributed by atoms with van der Waals surface area (Å²) in [6, 6.07) is 5.16. The predicted octanol–water partition coefficient (Wildman–Crippen LogP) is 2.22. The number of nitrogens with one attached hydrogen (secondary N) is 3. The number of aromatic nitrogens is 3. The molecule has 19 heavy (non-hydrogen) atoms. The molecule has 2 rings (SSSR count). The SMILES string of the molecule is CSC(C)(C)CNC(=O)Nc1ccc2n[nH]nc2c1. The van der Waals surface area contributed by atoms with Crippen molar-refractivity contribution < 1.29 is 4.79 Å². The molecule has 0 aliphatic carbocycles. The lowest BCUT2D eigenvalue weighted by Crippen LogP contribution is -2.38. The third kappa shape index (κ3) is 3.60. The first-order valence-electron chi connectivity index (χ1n) is 5.91. The summed E-state index contributed by atoms with van der Waals surface area (Å²) in [5.74, 6) is 0. The van der Waals surface area contributed by atoms with Crippen LogP contribution in [-0.2, 0) is 0 Å². The summed E-state index contributed by atoms with van der Waals surface area (Å²) in [7, 11) is 0. The quantitative estimate of drug-likeness (QED) is 0.801. The second-order valence-corrected chi connectivity index (χ2v) is 6.31. The molecule has 0 fully saturated rings.